The van der Waals surface area contributed by atoms with E-state index in [0.29, 0.717) is 23.7 Å². The molecule has 0 aliphatic rings. The largest absolute Gasteiger partial charge is 0.396 e. The molecule has 0 saturated heterocycles. The molecule has 1 atom stereocenters. The lowest BCUT2D eigenvalue weighted by Gasteiger charge is -2.29. The zero-order valence-electron chi connectivity index (χ0n) is 13.6. The third-order valence-electron chi connectivity index (χ3n) is 3.50. The summed E-state index contributed by atoms with van der Waals surface area (Å²) in [7, 11) is 1.59. The number of hydrogen-bond donors (Lipinski definition) is 3. The highest BCUT2D eigenvalue weighted by molar-refractivity contribution is 6.34. The summed E-state index contributed by atoms with van der Waals surface area (Å²) in [5, 5.41) is 15.6. The van der Waals surface area contributed by atoms with Crippen molar-refractivity contribution in [1.82, 2.24) is 5.32 Å². The van der Waals surface area contributed by atoms with Gasteiger partial charge in [-0.25, -0.2) is 0 Å². The van der Waals surface area contributed by atoms with Gasteiger partial charge in [0.15, 0.2) is 0 Å². The summed E-state index contributed by atoms with van der Waals surface area (Å²) in [6.45, 7) is 6.32. The van der Waals surface area contributed by atoms with Crippen molar-refractivity contribution in [2.45, 2.75) is 32.7 Å². The fraction of sp³-hybridized carbons (Fsp3) is 0.562. The first-order valence-electron chi connectivity index (χ1n) is 7.23. The van der Waals surface area contributed by atoms with Crippen molar-refractivity contribution >= 4 is 23.2 Å². The lowest BCUT2D eigenvalue weighted by Crippen LogP contribution is -2.49. The second-order valence-corrected chi connectivity index (χ2v) is 6.21. The predicted molar refractivity (Wildman–Crippen MR) is 89.5 cm³/mol. The maximum Gasteiger partial charge on any atom is 0.238 e. The molecule has 0 saturated carbocycles. The van der Waals surface area contributed by atoms with Crippen molar-refractivity contribution < 1.29 is 14.6 Å². The van der Waals surface area contributed by atoms with Gasteiger partial charge in [0.2, 0.25) is 5.91 Å². The van der Waals surface area contributed by atoms with Crippen LogP contribution in [0.15, 0.2) is 12.1 Å². The summed E-state index contributed by atoms with van der Waals surface area (Å²) < 4.78 is 5.14. The number of hydrogen-bond acceptors (Lipinski definition) is 4. The summed E-state index contributed by atoms with van der Waals surface area (Å²) >= 11 is 6.18. The van der Waals surface area contributed by atoms with Crippen LogP contribution >= 0.6 is 11.6 Å². The molecule has 0 heterocycles. The van der Waals surface area contributed by atoms with Crippen LogP contribution in [0.1, 0.15) is 24.5 Å². The van der Waals surface area contributed by atoms with Crippen molar-refractivity contribution in [3.05, 3.63) is 28.3 Å². The zero-order chi connectivity index (χ0) is 16.8. The highest BCUT2D eigenvalue weighted by atomic mass is 35.5. The van der Waals surface area contributed by atoms with Gasteiger partial charge in [0.25, 0.3) is 0 Å². The molecular formula is C16H25ClN2O3. The molecule has 5 nitrogen and oxygen atoms in total. The van der Waals surface area contributed by atoms with E-state index in [9.17, 15) is 4.79 Å². The SMILES string of the molecule is COCC(C)(CCO)NCC(=O)Nc1c(C)cc(C)cc1Cl. The van der Waals surface area contributed by atoms with E-state index < -0.39 is 5.54 Å². The molecule has 0 aliphatic heterocycles. The second kappa shape index (κ2) is 8.48. The quantitative estimate of drug-likeness (QED) is 0.684. The van der Waals surface area contributed by atoms with E-state index in [4.69, 9.17) is 21.4 Å². The van der Waals surface area contributed by atoms with Gasteiger partial charge < -0.3 is 20.5 Å². The van der Waals surface area contributed by atoms with Crippen LogP contribution in [0, 0.1) is 13.8 Å². The predicted octanol–water partition coefficient (Wildman–Crippen LogP) is 2.27. The van der Waals surface area contributed by atoms with E-state index in [1.54, 1.807) is 7.11 Å². The third kappa shape index (κ3) is 5.57. The van der Waals surface area contributed by atoms with E-state index in [-0.39, 0.29) is 19.1 Å². The summed E-state index contributed by atoms with van der Waals surface area (Å²) in [5.41, 5.74) is 2.16. The molecule has 0 aromatic heterocycles. The molecule has 0 spiro atoms. The van der Waals surface area contributed by atoms with E-state index in [0.717, 1.165) is 11.1 Å². The average molecular weight is 329 g/mol. The Kier molecular flexibility index (Phi) is 7.29. The summed E-state index contributed by atoms with van der Waals surface area (Å²) in [5.74, 6) is -0.186. The smallest absolute Gasteiger partial charge is 0.238 e. The molecule has 1 aromatic carbocycles. The summed E-state index contributed by atoms with van der Waals surface area (Å²) in [4.78, 5) is 12.1. The van der Waals surface area contributed by atoms with E-state index in [1.807, 2.05) is 32.9 Å². The van der Waals surface area contributed by atoms with Gasteiger partial charge in [-0.2, -0.15) is 0 Å². The molecule has 0 aliphatic carbocycles. The molecule has 0 bridgehead atoms. The van der Waals surface area contributed by atoms with Gasteiger partial charge >= 0.3 is 0 Å². The first-order valence-corrected chi connectivity index (χ1v) is 7.60. The minimum atomic E-state index is -0.451. The number of amides is 1. The molecule has 1 aromatic rings. The van der Waals surface area contributed by atoms with Crippen molar-refractivity contribution in [2.75, 3.05) is 32.2 Å². The van der Waals surface area contributed by atoms with Crippen LogP contribution in [0.2, 0.25) is 5.02 Å². The highest BCUT2D eigenvalue weighted by Gasteiger charge is 2.24. The molecule has 1 unspecified atom stereocenters. The van der Waals surface area contributed by atoms with Gasteiger partial charge in [-0.05, 0) is 44.4 Å². The van der Waals surface area contributed by atoms with E-state index in [2.05, 4.69) is 10.6 Å². The number of ether oxygens (including phenoxy) is 1. The Hall–Kier alpha value is -1.14. The molecule has 1 amide bonds. The Balaban J connectivity index is 2.67. The molecule has 0 fully saturated rings. The number of carbonyl (C=O) groups is 1. The maximum atomic E-state index is 12.1. The monoisotopic (exact) mass is 328 g/mol. The van der Waals surface area contributed by atoms with Gasteiger partial charge in [-0.1, -0.05) is 17.7 Å². The first-order chi connectivity index (χ1) is 10.3. The number of methoxy groups -OCH3 is 1. The minimum absolute atomic E-state index is 0.0252. The van der Waals surface area contributed by atoms with Gasteiger partial charge in [-0.15, -0.1) is 0 Å². The van der Waals surface area contributed by atoms with Gasteiger partial charge in [-0.3, -0.25) is 4.79 Å². The molecular weight excluding hydrogens is 304 g/mol. The van der Waals surface area contributed by atoms with Crippen LogP contribution in [0.4, 0.5) is 5.69 Å². The van der Waals surface area contributed by atoms with E-state index in [1.165, 1.54) is 0 Å². The van der Waals surface area contributed by atoms with Crippen LogP contribution < -0.4 is 10.6 Å². The van der Waals surface area contributed by atoms with E-state index >= 15 is 0 Å². The number of aliphatic hydroxyl groups excluding tert-OH is 1. The molecule has 1 rings (SSSR count). The van der Waals surface area contributed by atoms with Gasteiger partial charge in [0.1, 0.15) is 0 Å². The maximum absolute atomic E-state index is 12.1. The lowest BCUT2D eigenvalue weighted by molar-refractivity contribution is -0.115. The zero-order valence-corrected chi connectivity index (χ0v) is 14.4. The van der Waals surface area contributed by atoms with Crippen LogP contribution in [0.25, 0.3) is 0 Å². The van der Waals surface area contributed by atoms with Crippen LogP contribution in [-0.4, -0.2) is 43.4 Å². The minimum Gasteiger partial charge on any atom is -0.396 e. The van der Waals surface area contributed by atoms with Crippen LogP contribution in [0.3, 0.4) is 0 Å². The first kappa shape index (κ1) is 18.9. The fourth-order valence-corrected chi connectivity index (χ4v) is 2.70. The molecule has 124 valence electrons. The Labute approximate surface area is 137 Å². The number of nitrogens with one attached hydrogen (secondary N) is 2. The van der Waals surface area contributed by atoms with Gasteiger partial charge in [0.05, 0.1) is 23.9 Å². The Bertz CT molecular complexity index is 491. The van der Waals surface area contributed by atoms with Crippen molar-refractivity contribution in [2.24, 2.45) is 0 Å². The number of carbonyl (C=O) groups excluding carboxylic acids is 1. The topological polar surface area (TPSA) is 70.6 Å². The number of benzene rings is 1. The van der Waals surface area contributed by atoms with Gasteiger partial charge in [0, 0.05) is 19.3 Å². The van der Waals surface area contributed by atoms with Crippen molar-refractivity contribution in [3.63, 3.8) is 0 Å². The average Bonchev–Trinajstić information content (AvgIpc) is 2.41. The number of rotatable bonds is 8. The van der Waals surface area contributed by atoms with Crippen molar-refractivity contribution in [1.29, 1.82) is 0 Å². The Morgan fingerprint density at radius 1 is 1.41 bits per heavy atom. The molecule has 22 heavy (non-hydrogen) atoms. The second-order valence-electron chi connectivity index (χ2n) is 5.81. The molecule has 6 heteroatoms. The Morgan fingerprint density at radius 3 is 2.64 bits per heavy atom. The number of anilines is 1. The Morgan fingerprint density at radius 2 is 2.09 bits per heavy atom. The van der Waals surface area contributed by atoms with Crippen LogP contribution in [-0.2, 0) is 9.53 Å². The lowest BCUT2D eigenvalue weighted by atomic mass is 9.99. The standard InChI is InChI=1S/C16H25ClN2O3/c1-11-7-12(2)15(13(17)8-11)19-14(21)9-18-16(3,5-6-20)10-22-4/h7-8,18,20H,5-6,9-10H2,1-4H3,(H,19,21). The summed E-state index contributed by atoms with van der Waals surface area (Å²) in [6.07, 6.45) is 0.498. The number of aliphatic hydroxyl groups is 1. The molecule has 3 N–H and O–H groups in total. The van der Waals surface area contributed by atoms with Crippen molar-refractivity contribution in [3.8, 4) is 0 Å². The number of halogens is 1. The fourth-order valence-electron chi connectivity index (χ4n) is 2.33. The highest BCUT2D eigenvalue weighted by Crippen LogP contribution is 2.27. The third-order valence-corrected chi connectivity index (χ3v) is 3.80. The normalized spacial score (nSPS) is 13.7. The molecule has 0 radical (unpaired) electrons. The summed E-state index contributed by atoms with van der Waals surface area (Å²) in [6, 6.07) is 3.79. The van der Waals surface area contributed by atoms with Crippen LogP contribution in [0.5, 0.6) is 0 Å². The number of aryl methyl sites for hydroxylation is 2.